The smallest absolute Gasteiger partial charge is 0.232 e. The van der Waals surface area contributed by atoms with E-state index in [1.54, 1.807) is 0 Å². The Labute approximate surface area is 126 Å². The van der Waals surface area contributed by atoms with E-state index in [0.29, 0.717) is 19.3 Å². The maximum atomic E-state index is 12.7. The van der Waals surface area contributed by atoms with Crippen LogP contribution in [0.5, 0.6) is 0 Å². The standard InChI is InChI=1S/C15H27N3O3/c1-15(11-20-10-13(15)16)14(19)18-6-4-17(5-7-18)9-12-3-2-8-21-12/h12-13H,2-11,16H2,1H3. The van der Waals surface area contributed by atoms with E-state index in [1.807, 2.05) is 11.8 Å². The van der Waals surface area contributed by atoms with Crippen LogP contribution < -0.4 is 5.73 Å². The average molecular weight is 297 g/mol. The molecule has 0 aromatic heterocycles. The first-order valence-corrected chi connectivity index (χ1v) is 8.06. The second-order valence-corrected chi connectivity index (χ2v) is 6.77. The number of hydrogen-bond donors (Lipinski definition) is 1. The Morgan fingerprint density at radius 2 is 2.10 bits per heavy atom. The highest BCUT2D eigenvalue weighted by Crippen LogP contribution is 2.30. The summed E-state index contributed by atoms with van der Waals surface area (Å²) in [6.45, 7) is 8.20. The molecule has 0 bridgehead atoms. The van der Waals surface area contributed by atoms with Crippen LogP contribution in [0.1, 0.15) is 19.8 Å². The number of piperazine rings is 1. The van der Waals surface area contributed by atoms with E-state index in [0.717, 1.165) is 39.3 Å². The predicted octanol–water partition coefficient (Wildman–Crippen LogP) is -0.327. The molecule has 0 aromatic carbocycles. The highest BCUT2D eigenvalue weighted by molar-refractivity contribution is 5.83. The highest BCUT2D eigenvalue weighted by Gasteiger charge is 2.46. The minimum atomic E-state index is -0.545. The van der Waals surface area contributed by atoms with Crippen molar-refractivity contribution in [2.45, 2.75) is 31.9 Å². The Morgan fingerprint density at radius 3 is 2.67 bits per heavy atom. The molecule has 3 unspecified atom stereocenters. The van der Waals surface area contributed by atoms with Crippen LogP contribution >= 0.6 is 0 Å². The fraction of sp³-hybridized carbons (Fsp3) is 0.933. The minimum absolute atomic E-state index is 0.157. The molecule has 0 radical (unpaired) electrons. The molecule has 3 saturated heterocycles. The molecule has 3 atom stereocenters. The summed E-state index contributed by atoms with van der Waals surface area (Å²) in [5.74, 6) is 0.157. The van der Waals surface area contributed by atoms with Crippen molar-refractivity contribution in [1.82, 2.24) is 9.80 Å². The van der Waals surface area contributed by atoms with Gasteiger partial charge in [0.15, 0.2) is 0 Å². The van der Waals surface area contributed by atoms with Gasteiger partial charge in [-0.25, -0.2) is 0 Å². The number of ether oxygens (including phenoxy) is 2. The predicted molar refractivity (Wildman–Crippen MR) is 78.9 cm³/mol. The summed E-state index contributed by atoms with van der Waals surface area (Å²) in [5, 5.41) is 0. The van der Waals surface area contributed by atoms with Gasteiger partial charge in [0.25, 0.3) is 0 Å². The van der Waals surface area contributed by atoms with Gasteiger partial charge in [-0.05, 0) is 19.8 Å². The number of rotatable bonds is 3. The molecular formula is C15H27N3O3. The molecular weight excluding hydrogens is 270 g/mol. The molecule has 6 heteroatoms. The maximum Gasteiger partial charge on any atom is 0.232 e. The van der Waals surface area contributed by atoms with Gasteiger partial charge in [0.1, 0.15) is 0 Å². The minimum Gasteiger partial charge on any atom is -0.379 e. The molecule has 3 heterocycles. The molecule has 3 aliphatic heterocycles. The van der Waals surface area contributed by atoms with Gasteiger partial charge in [-0.3, -0.25) is 9.69 Å². The zero-order valence-electron chi connectivity index (χ0n) is 12.9. The Balaban J connectivity index is 1.49. The summed E-state index contributed by atoms with van der Waals surface area (Å²) >= 11 is 0. The van der Waals surface area contributed by atoms with Gasteiger partial charge < -0.3 is 20.1 Å². The van der Waals surface area contributed by atoms with Gasteiger partial charge in [0.05, 0.1) is 24.7 Å². The topological polar surface area (TPSA) is 68.0 Å². The zero-order valence-corrected chi connectivity index (χ0v) is 12.9. The molecule has 0 saturated carbocycles. The van der Waals surface area contributed by atoms with Crippen LogP contribution in [0.25, 0.3) is 0 Å². The maximum absolute atomic E-state index is 12.7. The lowest BCUT2D eigenvalue weighted by molar-refractivity contribution is -0.143. The van der Waals surface area contributed by atoms with E-state index in [2.05, 4.69) is 4.90 Å². The first kappa shape index (κ1) is 15.2. The molecule has 3 rings (SSSR count). The van der Waals surface area contributed by atoms with Crippen LogP contribution in [0.3, 0.4) is 0 Å². The van der Waals surface area contributed by atoms with Crippen molar-refractivity contribution in [1.29, 1.82) is 0 Å². The van der Waals surface area contributed by atoms with Crippen molar-refractivity contribution in [3.05, 3.63) is 0 Å². The van der Waals surface area contributed by atoms with Crippen molar-refractivity contribution in [3.63, 3.8) is 0 Å². The Hall–Kier alpha value is -0.690. The second-order valence-electron chi connectivity index (χ2n) is 6.77. The fourth-order valence-electron chi connectivity index (χ4n) is 3.48. The zero-order chi connectivity index (χ0) is 14.9. The molecule has 0 aromatic rings. The van der Waals surface area contributed by atoms with Gasteiger partial charge in [0, 0.05) is 45.4 Å². The fourth-order valence-corrected chi connectivity index (χ4v) is 3.48. The molecule has 0 spiro atoms. The van der Waals surface area contributed by atoms with Crippen LogP contribution in [-0.4, -0.2) is 80.4 Å². The number of nitrogens with two attached hydrogens (primary N) is 1. The van der Waals surface area contributed by atoms with E-state index >= 15 is 0 Å². The lowest BCUT2D eigenvalue weighted by atomic mass is 9.84. The van der Waals surface area contributed by atoms with Gasteiger partial charge >= 0.3 is 0 Å². The second kappa shape index (κ2) is 6.20. The molecule has 2 N–H and O–H groups in total. The Bertz CT molecular complexity index is 378. The molecule has 1 amide bonds. The number of hydrogen-bond acceptors (Lipinski definition) is 5. The monoisotopic (exact) mass is 297 g/mol. The first-order valence-electron chi connectivity index (χ1n) is 8.06. The Kier molecular flexibility index (Phi) is 4.49. The van der Waals surface area contributed by atoms with Crippen molar-refractivity contribution < 1.29 is 14.3 Å². The summed E-state index contributed by atoms with van der Waals surface area (Å²) in [7, 11) is 0. The highest BCUT2D eigenvalue weighted by atomic mass is 16.5. The summed E-state index contributed by atoms with van der Waals surface area (Å²) in [6.07, 6.45) is 2.74. The van der Waals surface area contributed by atoms with E-state index in [-0.39, 0.29) is 11.9 Å². The molecule has 3 fully saturated rings. The van der Waals surface area contributed by atoms with Crippen LogP contribution in [-0.2, 0) is 14.3 Å². The lowest BCUT2D eigenvalue weighted by Crippen LogP contribution is -2.57. The molecule has 120 valence electrons. The van der Waals surface area contributed by atoms with Gasteiger partial charge in [-0.2, -0.15) is 0 Å². The van der Waals surface area contributed by atoms with Crippen LogP contribution in [0.15, 0.2) is 0 Å². The van der Waals surface area contributed by atoms with Crippen molar-refractivity contribution in [3.8, 4) is 0 Å². The molecule has 3 aliphatic rings. The third kappa shape index (κ3) is 3.08. The van der Waals surface area contributed by atoms with Gasteiger partial charge in [-0.1, -0.05) is 0 Å². The summed E-state index contributed by atoms with van der Waals surface area (Å²) in [6, 6.07) is -0.185. The molecule has 21 heavy (non-hydrogen) atoms. The van der Waals surface area contributed by atoms with Crippen LogP contribution in [0.4, 0.5) is 0 Å². The SMILES string of the molecule is CC1(C(=O)N2CCN(CC3CCCO3)CC2)COCC1N. The summed E-state index contributed by atoms with van der Waals surface area (Å²) < 4.78 is 11.1. The number of nitrogens with zero attached hydrogens (tertiary/aromatic N) is 2. The largest absolute Gasteiger partial charge is 0.379 e. The van der Waals surface area contributed by atoms with Crippen molar-refractivity contribution >= 4 is 5.91 Å². The third-order valence-electron chi connectivity index (χ3n) is 5.15. The number of carbonyl (C=O) groups is 1. The molecule has 6 nitrogen and oxygen atoms in total. The average Bonchev–Trinajstić information content (AvgIpc) is 3.11. The third-order valence-corrected chi connectivity index (χ3v) is 5.15. The lowest BCUT2D eigenvalue weighted by Gasteiger charge is -2.39. The van der Waals surface area contributed by atoms with Gasteiger partial charge in [-0.15, -0.1) is 0 Å². The first-order chi connectivity index (χ1) is 10.1. The quantitative estimate of drug-likeness (QED) is 0.773. The normalized spacial score (nSPS) is 38.1. The van der Waals surface area contributed by atoms with Gasteiger partial charge in [0.2, 0.25) is 5.91 Å². The van der Waals surface area contributed by atoms with E-state index in [4.69, 9.17) is 15.2 Å². The number of carbonyl (C=O) groups excluding carboxylic acids is 1. The van der Waals surface area contributed by atoms with Crippen LogP contribution in [0, 0.1) is 5.41 Å². The van der Waals surface area contributed by atoms with E-state index in [9.17, 15) is 4.79 Å². The Morgan fingerprint density at radius 1 is 1.33 bits per heavy atom. The van der Waals surface area contributed by atoms with E-state index in [1.165, 1.54) is 12.8 Å². The summed E-state index contributed by atoms with van der Waals surface area (Å²) in [4.78, 5) is 17.1. The van der Waals surface area contributed by atoms with Crippen LogP contribution in [0.2, 0.25) is 0 Å². The van der Waals surface area contributed by atoms with Crippen molar-refractivity contribution in [2.75, 3.05) is 52.5 Å². The molecule has 0 aliphatic carbocycles. The van der Waals surface area contributed by atoms with E-state index < -0.39 is 5.41 Å². The number of amides is 1. The van der Waals surface area contributed by atoms with Crippen molar-refractivity contribution in [2.24, 2.45) is 11.1 Å². The summed E-state index contributed by atoms with van der Waals surface area (Å²) in [5.41, 5.74) is 5.51.